The Morgan fingerprint density at radius 1 is 1.04 bits per heavy atom. The highest BCUT2D eigenvalue weighted by Gasteiger charge is 2.35. The highest BCUT2D eigenvalue weighted by molar-refractivity contribution is 6.00. The van der Waals surface area contributed by atoms with Gasteiger partial charge in [-0.1, -0.05) is 19.3 Å². The molecule has 1 saturated carbocycles. The van der Waals surface area contributed by atoms with Gasteiger partial charge < -0.3 is 9.47 Å². The van der Waals surface area contributed by atoms with Crippen LogP contribution >= 0.6 is 0 Å². The first-order valence-electron chi connectivity index (χ1n) is 9.80. The maximum absolute atomic E-state index is 13.1. The van der Waals surface area contributed by atoms with Crippen molar-refractivity contribution in [1.29, 1.82) is 0 Å². The van der Waals surface area contributed by atoms with Crippen molar-refractivity contribution in [3.8, 4) is 0 Å². The normalized spacial score (nSPS) is 16.6. The zero-order valence-corrected chi connectivity index (χ0v) is 17.8. The summed E-state index contributed by atoms with van der Waals surface area (Å²) in [7, 11) is 0. The van der Waals surface area contributed by atoms with Gasteiger partial charge in [0.25, 0.3) is 0 Å². The molecule has 0 saturated heterocycles. The monoisotopic (exact) mass is 392 g/mol. The fourth-order valence-corrected chi connectivity index (χ4v) is 3.01. The topological polar surface area (TPSA) is 86.0 Å². The molecule has 1 aromatic heterocycles. The van der Waals surface area contributed by atoms with E-state index < -0.39 is 23.4 Å². The van der Waals surface area contributed by atoms with Crippen LogP contribution in [-0.4, -0.2) is 50.1 Å². The van der Waals surface area contributed by atoms with E-state index in [-0.39, 0.29) is 12.0 Å². The summed E-state index contributed by atoms with van der Waals surface area (Å²) in [6.07, 6.45) is 6.65. The van der Waals surface area contributed by atoms with Crippen LogP contribution in [0.5, 0.6) is 0 Å². The summed E-state index contributed by atoms with van der Waals surface area (Å²) >= 11 is 0. The lowest BCUT2D eigenvalue weighted by molar-refractivity contribution is 0.0275. The lowest BCUT2D eigenvalue weighted by Gasteiger charge is -2.35. The van der Waals surface area contributed by atoms with E-state index in [1.807, 2.05) is 20.8 Å². The Bertz CT molecular complexity index is 693. The van der Waals surface area contributed by atoms with Crippen molar-refractivity contribution in [1.82, 2.24) is 14.7 Å². The van der Waals surface area contributed by atoms with Crippen LogP contribution in [0.25, 0.3) is 0 Å². The van der Waals surface area contributed by atoms with Crippen LogP contribution in [-0.2, 0) is 9.47 Å². The Labute approximate surface area is 166 Å². The van der Waals surface area contributed by atoms with E-state index in [1.54, 1.807) is 39.2 Å². The number of amides is 2. The molecule has 0 bridgehead atoms. The summed E-state index contributed by atoms with van der Waals surface area (Å²) in [6.45, 7) is 10.7. The number of ether oxygens (including phenoxy) is 2. The molecule has 8 heteroatoms. The Hall–Kier alpha value is -2.38. The molecule has 1 aliphatic rings. The number of nitrogens with zero attached hydrogens (tertiary/aromatic N) is 4. The van der Waals surface area contributed by atoms with Crippen molar-refractivity contribution in [3.05, 3.63) is 18.5 Å². The van der Waals surface area contributed by atoms with E-state index in [2.05, 4.69) is 10.1 Å². The van der Waals surface area contributed by atoms with E-state index in [9.17, 15) is 9.59 Å². The molecule has 8 nitrogen and oxygen atoms in total. The summed E-state index contributed by atoms with van der Waals surface area (Å²) < 4.78 is 12.4. The molecule has 0 unspecified atom stereocenters. The predicted octanol–water partition coefficient (Wildman–Crippen LogP) is 4.59. The summed E-state index contributed by atoms with van der Waals surface area (Å²) in [5.74, 6) is 0.0976. The molecule has 0 aliphatic heterocycles. The molecule has 1 aromatic rings. The van der Waals surface area contributed by atoms with Crippen LogP contribution in [0.3, 0.4) is 0 Å². The first-order chi connectivity index (χ1) is 13.0. The minimum atomic E-state index is -0.776. The van der Waals surface area contributed by atoms with Crippen LogP contribution in [0.2, 0.25) is 0 Å². The number of aromatic nitrogens is 2. The number of aliphatic imine (C=N–C) groups is 1. The van der Waals surface area contributed by atoms with Gasteiger partial charge in [-0.3, -0.25) is 0 Å². The summed E-state index contributed by atoms with van der Waals surface area (Å²) in [5, 5.41) is 4.19. The second kappa shape index (κ2) is 8.75. The minimum absolute atomic E-state index is 0.0976. The maximum Gasteiger partial charge on any atom is 0.437 e. The fraction of sp³-hybridized carbons (Fsp3) is 0.700. The largest absolute Gasteiger partial charge is 0.443 e. The van der Waals surface area contributed by atoms with E-state index in [0.717, 1.165) is 32.1 Å². The van der Waals surface area contributed by atoms with Crippen molar-refractivity contribution in [2.45, 2.75) is 90.9 Å². The van der Waals surface area contributed by atoms with Crippen molar-refractivity contribution < 1.29 is 19.1 Å². The quantitative estimate of drug-likeness (QED) is 0.515. The lowest BCUT2D eigenvalue weighted by Crippen LogP contribution is -2.50. The molecule has 28 heavy (non-hydrogen) atoms. The zero-order valence-electron chi connectivity index (χ0n) is 17.8. The smallest absolute Gasteiger partial charge is 0.437 e. The van der Waals surface area contributed by atoms with Gasteiger partial charge in [-0.05, 0) is 60.5 Å². The molecule has 156 valence electrons. The first-order valence-corrected chi connectivity index (χ1v) is 9.80. The summed E-state index contributed by atoms with van der Waals surface area (Å²) in [4.78, 5) is 31.1. The third kappa shape index (κ3) is 6.65. The molecule has 1 fully saturated rings. The molecule has 0 atom stereocenters. The molecule has 2 rings (SSSR count). The van der Waals surface area contributed by atoms with Crippen molar-refractivity contribution >= 4 is 18.1 Å². The SMILES string of the molecule is CC(C)(C)OC(=O)/N=C(/N(C(=O)OC(C)(C)C)C1CCCCC1)n1cccn1. The van der Waals surface area contributed by atoms with Crippen LogP contribution in [0, 0.1) is 0 Å². The third-order valence-electron chi connectivity index (χ3n) is 4.04. The summed E-state index contributed by atoms with van der Waals surface area (Å²) in [6, 6.07) is 1.59. The van der Waals surface area contributed by atoms with Gasteiger partial charge in [0.2, 0.25) is 5.96 Å². The predicted molar refractivity (Wildman–Crippen MR) is 106 cm³/mol. The minimum Gasteiger partial charge on any atom is -0.443 e. The van der Waals surface area contributed by atoms with Crippen LogP contribution in [0.1, 0.15) is 73.6 Å². The van der Waals surface area contributed by atoms with E-state index in [0.29, 0.717) is 0 Å². The second-order valence-electron chi connectivity index (χ2n) is 8.98. The number of hydrogen-bond acceptors (Lipinski definition) is 5. The van der Waals surface area contributed by atoms with Crippen molar-refractivity contribution in [2.75, 3.05) is 0 Å². The van der Waals surface area contributed by atoms with Crippen molar-refractivity contribution in [3.63, 3.8) is 0 Å². The molecule has 0 radical (unpaired) electrons. The Morgan fingerprint density at radius 3 is 2.14 bits per heavy atom. The van der Waals surface area contributed by atoms with Gasteiger partial charge in [-0.15, -0.1) is 4.99 Å². The average molecular weight is 393 g/mol. The highest BCUT2D eigenvalue weighted by atomic mass is 16.6. The van der Waals surface area contributed by atoms with Gasteiger partial charge in [-0.2, -0.15) is 5.10 Å². The van der Waals surface area contributed by atoms with Crippen LogP contribution in [0.4, 0.5) is 9.59 Å². The van der Waals surface area contributed by atoms with Crippen LogP contribution in [0.15, 0.2) is 23.5 Å². The molecule has 0 spiro atoms. The molecular formula is C20H32N4O4. The zero-order chi connectivity index (χ0) is 20.9. The third-order valence-corrected chi connectivity index (χ3v) is 4.04. The van der Waals surface area contributed by atoms with Crippen LogP contribution < -0.4 is 0 Å². The Kier molecular flexibility index (Phi) is 6.85. The van der Waals surface area contributed by atoms with E-state index >= 15 is 0 Å². The van der Waals surface area contributed by atoms with E-state index in [1.165, 1.54) is 9.58 Å². The van der Waals surface area contributed by atoms with Crippen molar-refractivity contribution in [2.24, 2.45) is 4.99 Å². The number of hydrogen-bond donors (Lipinski definition) is 0. The Balaban J connectivity index is 2.45. The average Bonchev–Trinajstić information content (AvgIpc) is 3.06. The Morgan fingerprint density at radius 2 is 1.64 bits per heavy atom. The molecule has 0 N–H and O–H groups in total. The molecule has 0 aromatic carbocycles. The number of carbonyl (C=O) groups excluding carboxylic acids is 2. The molecular weight excluding hydrogens is 360 g/mol. The standard InChI is InChI=1S/C20H32N4O4/c1-19(2,3)27-17(25)22-16(23-14-10-13-21-23)24(15-11-8-7-9-12-15)18(26)28-20(4,5)6/h10,13-15H,7-9,11-12H2,1-6H3/b22-16+. The first kappa shape index (κ1) is 21.9. The number of rotatable bonds is 1. The van der Waals surface area contributed by atoms with Gasteiger partial charge in [0.1, 0.15) is 11.2 Å². The van der Waals surface area contributed by atoms with Gasteiger partial charge >= 0.3 is 12.2 Å². The molecule has 1 aliphatic carbocycles. The van der Waals surface area contributed by atoms with Gasteiger partial charge in [0, 0.05) is 18.4 Å². The molecule has 2 amide bonds. The lowest BCUT2D eigenvalue weighted by atomic mass is 9.94. The van der Waals surface area contributed by atoms with Gasteiger partial charge in [0.05, 0.1) is 0 Å². The maximum atomic E-state index is 13.1. The molecule has 1 heterocycles. The van der Waals surface area contributed by atoms with Gasteiger partial charge in [-0.25, -0.2) is 19.2 Å². The van der Waals surface area contributed by atoms with E-state index in [4.69, 9.17) is 9.47 Å². The second-order valence-corrected chi connectivity index (χ2v) is 8.98. The fourth-order valence-electron chi connectivity index (χ4n) is 3.01. The highest BCUT2D eigenvalue weighted by Crippen LogP contribution is 2.25. The summed E-state index contributed by atoms with van der Waals surface area (Å²) in [5.41, 5.74) is -1.37. The van der Waals surface area contributed by atoms with Gasteiger partial charge in [0.15, 0.2) is 0 Å². The number of carbonyl (C=O) groups is 2.